The van der Waals surface area contributed by atoms with Gasteiger partial charge in [-0.1, -0.05) is 23.2 Å². The second-order valence-electron chi connectivity index (χ2n) is 4.97. The third-order valence-electron chi connectivity index (χ3n) is 3.23. The molecule has 0 fully saturated rings. The first-order chi connectivity index (χ1) is 11.6. The molecule has 122 valence electrons. The van der Waals surface area contributed by atoms with Crippen molar-refractivity contribution in [3.63, 3.8) is 0 Å². The summed E-state index contributed by atoms with van der Waals surface area (Å²) in [6.07, 6.45) is 4.72. The summed E-state index contributed by atoms with van der Waals surface area (Å²) in [4.78, 5) is 16.4. The van der Waals surface area contributed by atoms with Crippen LogP contribution in [0, 0.1) is 0 Å². The van der Waals surface area contributed by atoms with Gasteiger partial charge in [0.2, 0.25) is 0 Å². The van der Waals surface area contributed by atoms with Gasteiger partial charge < -0.3 is 15.1 Å². The number of halogens is 2. The van der Waals surface area contributed by atoms with Crippen molar-refractivity contribution < 1.29 is 9.21 Å². The van der Waals surface area contributed by atoms with Crippen LogP contribution in [0.3, 0.4) is 0 Å². The maximum Gasteiger partial charge on any atom is 0.257 e. The minimum absolute atomic E-state index is 0.312. The number of carbonyl (C=O) groups is 1. The second-order valence-corrected chi connectivity index (χ2v) is 5.82. The molecular formula is C17H13Cl2N3O2. The SMILES string of the molecule is O=C(Nc1ccc(Cl)cc1Cl)c1cncc(NCc2ccco2)c1. The van der Waals surface area contributed by atoms with E-state index in [1.807, 2.05) is 12.1 Å². The molecule has 2 aromatic heterocycles. The minimum Gasteiger partial charge on any atom is -0.467 e. The fourth-order valence-corrected chi connectivity index (χ4v) is 2.50. The van der Waals surface area contributed by atoms with Crippen LogP contribution in [0.25, 0.3) is 0 Å². The molecular weight excluding hydrogens is 349 g/mol. The molecule has 0 saturated carbocycles. The number of aromatic nitrogens is 1. The third kappa shape index (κ3) is 4.07. The van der Waals surface area contributed by atoms with Crippen LogP contribution in [-0.2, 0) is 6.54 Å². The van der Waals surface area contributed by atoms with Crippen LogP contribution >= 0.6 is 23.2 Å². The van der Waals surface area contributed by atoms with Crippen molar-refractivity contribution in [3.05, 3.63) is 76.4 Å². The number of nitrogens with zero attached hydrogens (tertiary/aromatic N) is 1. The zero-order valence-electron chi connectivity index (χ0n) is 12.4. The first-order valence-corrected chi connectivity index (χ1v) is 7.85. The maximum absolute atomic E-state index is 12.3. The van der Waals surface area contributed by atoms with Crippen molar-refractivity contribution in [3.8, 4) is 0 Å². The summed E-state index contributed by atoms with van der Waals surface area (Å²) < 4.78 is 5.25. The van der Waals surface area contributed by atoms with Gasteiger partial charge in [0.15, 0.2) is 0 Å². The number of pyridine rings is 1. The Kier molecular flexibility index (Phi) is 5.03. The molecule has 0 atom stereocenters. The Balaban J connectivity index is 1.69. The Morgan fingerprint density at radius 1 is 1.17 bits per heavy atom. The van der Waals surface area contributed by atoms with Gasteiger partial charge in [0.05, 0.1) is 34.8 Å². The largest absolute Gasteiger partial charge is 0.467 e. The Morgan fingerprint density at radius 3 is 2.79 bits per heavy atom. The molecule has 1 aromatic carbocycles. The molecule has 0 saturated heterocycles. The van der Waals surface area contributed by atoms with Crippen molar-refractivity contribution in [2.45, 2.75) is 6.54 Å². The highest BCUT2D eigenvalue weighted by molar-refractivity contribution is 6.36. The van der Waals surface area contributed by atoms with Crippen LogP contribution in [0.1, 0.15) is 16.1 Å². The highest BCUT2D eigenvalue weighted by Crippen LogP contribution is 2.26. The number of hydrogen-bond donors (Lipinski definition) is 2. The van der Waals surface area contributed by atoms with E-state index in [0.717, 1.165) is 5.76 Å². The average Bonchev–Trinajstić information content (AvgIpc) is 3.09. The lowest BCUT2D eigenvalue weighted by atomic mass is 10.2. The van der Waals surface area contributed by atoms with Gasteiger partial charge in [0, 0.05) is 17.4 Å². The number of rotatable bonds is 5. The van der Waals surface area contributed by atoms with Crippen LogP contribution in [0.15, 0.2) is 59.5 Å². The molecule has 3 aromatic rings. The van der Waals surface area contributed by atoms with Crippen molar-refractivity contribution in [2.24, 2.45) is 0 Å². The average molecular weight is 362 g/mol. The number of carbonyl (C=O) groups excluding carboxylic acids is 1. The lowest BCUT2D eigenvalue weighted by Crippen LogP contribution is -2.13. The first kappa shape index (κ1) is 16.4. The zero-order chi connectivity index (χ0) is 16.9. The van der Waals surface area contributed by atoms with E-state index in [9.17, 15) is 4.79 Å². The number of benzene rings is 1. The van der Waals surface area contributed by atoms with E-state index >= 15 is 0 Å². The predicted octanol–water partition coefficient (Wildman–Crippen LogP) is 4.85. The fourth-order valence-electron chi connectivity index (χ4n) is 2.05. The van der Waals surface area contributed by atoms with Gasteiger partial charge in [0.1, 0.15) is 5.76 Å². The highest BCUT2D eigenvalue weighted by atomic mass is 35.5. The van der Waals surface area contributed by atoms with Gasteiger partial charge >= 0.3 is 0 Å². The van der Waals surface area contributed by atoms with Crippen molar-refractivity contribution >= 4 is 40.5 Å². The molecule has 1 amide bonds. The van der Waals surface area contributed by atoms with E-state index in [-0.39, 0.29) is 5.91 Å². The number of anilines is 2. The molecule has 3 rings (SSSR count). The fraction of sp³-hybridized carbons (Fsp3) is 0.0588. The van der Waals surface area contributed by atoms with E-state index in [2.05, 4.69) is 15.6 Å². The van der Waals surface area contributed by atoms with Gasteiger partial charge in [-0.05, 0) is 36.4 Å². The quantitative estimate of drug-likeness (QED) is 0.681. The van der Waals surface area contributed by atoms with E-state index in [4.69, 9.17) is 27.6 Å². The van der Waals surface area contributed by atoms with Crippen LogP contribution in [0.5, 0.6) is 0 Å². The molecule has 0 aliphatic heterocycles. The van der Waals surface area contributed by atoms with Crippen LogP contribution in [0.2, 0.25) is 10.0 Å². The van der Waals surface area contributed by atoms with Gasteiger partial charge in [-0.25, -0.2) is 0 Å². The van der Waals surface area contributed by atoms with E-state index in [0.29, 0.717) is 33.5 Å². The van der Waals surface area contributed by atoms with Crippen molar-refractivity contribution in [1.29, 1.82) is 0 Å². The molecule has 2 heterocycles. The van der Waals surface area contributed by atoms with Gasteiger partial charge in [-0.2, -0.15) is 0 Å². The normalized spacial score (nSPS) is 10.4. The Hall–Kier alpha value is -2.50. The van der Waals surface area contributed by atoms with Crippen LogP contribution in [0.4, 0.5) is 11.4 Å². The lowest BCUT2D eigenvalue weighted by molar-refractivity contribution is 0.102. The third-order valence-corrected chi connectivity index (χ3v) is 3.77. The maximum atomic E-state index is 12.3. The smallest absolute Gasteiger partial charge is 0.257 e. The number of furan rings is 1. The molecule has 0 aliphatic rings. The number of amides is 1. The van der Waals surface area contributed by atoms with Crippen LogP contribution in [-0.4, -0.2) is 10.9 Å². The van der Waals surface area contributed by atoms with Gasteiger partial charge in [0.25, 0.3) is 5.91 Å². The Bertz CT molecular complexity index is 851. The van der Waals surface area contributed by atoms with Crippen LogP contribution < -0.4 is 10.6 Å². The second kappa shape index (κ2) is 7.38. The first-order valence-electron chi connectivity index (χ1n) is 7.09. The monoisotopic (exact) mass is 361 g/mol. The molecule has 0 unspecified atom stereocenters. The molecule has 0 aliphatic carbocycles. The van der Waals surface area contributed by atoms with E-state index in [1.165, 1.54) is 6.20 Å². The predicted molar refractivity (Wildman–Crippen MR) is 94.7 cm³/mol. The zero-order valence-corrected chi connectivity index (χ0v) is 13.9. The summed E-state index contributed by atoms with van der Waals surface area (Å²) in [5.74, 6) is 0.478. The topological polar surface area (TPSA) is 67.2 Å². The summed E-state index contributed by atoms with van der Waals surface area (Å²) in [6, 6.07) is 10.2. The number of nitrogens with one attached hydrogen (secondary N) is 2. The summed E-state index contributed by atoms with van der Waals surface area (Å²) in [5.41, 5.74) is 1.60. The summed E-state index contributed by atoms with van der Waals surface area (Å²) >= 11 is 11.9. The van der Waals surface area contributed by atoms with Gasteiger partial charge in [-0.15, -0.1) is 0 Å². The Morgan fingerprint density at radius 2 is 2.04 bits per heavy atom. The van der Waals surface area contributed by atoms with E-state index < -0.39 is 0 Å². The summed E-state index contributed by atoms with van der Waals surface area (Å²) in [7, 11) is 0. The highest BCUT2D eigenvalue weighted by Gasteiger charge is 2.10. The summed E-state index contributed by atoms with van der Waals surface area (Å²) in [6.45, 7) is 0.503. The number of hydrogen-bond acceptors (Lipinski definition) is 4. The van der Waals surface area contributed by atoms with Crippen molar-refractivity contribution in [1.82, 2.24) is 4.98 Å². The van der Waals surface area contributed by atoms with Gasteiger partial charge in [-0.3, -0.25) is 9.78 Å². The molecule has 0 bridgehead atoms. The molecule has 7 heteroatoms. The molecule has 2 N–H and O–H groups in total. The standard InChI is InChI=1S/C17H13Cl2N3O2/c18-12-3-4-16(15(19)7-12)22-17(23)11-6-13(9-20-8-11)21-10-14-2-1-5-24-14/h1-9,21H,10H2,(H,22,23). The van der Waals surface area contributed by atoms with Crippen molar-refractivity contribution in [2.75, 3.05) is 10.6 Å². The molecule has 0 spiro atoms. The minimum atomic E-state index is -0.312. The van der Waals surface area contributed by atoms with E-state index in [1.54, 1.807) is 36.7 Å². The Labute approximate surface area is 148 Å². The molecule has 5 nitrogen and oxygen atoms in total. The lowest BCUT2D eigenvalue weighted by Gasteiger charge is -2.09. The molecule has 0 radical (unpaired) electrons. The summed E-state index contributed by atoms with van der Waals surface area (Å²) in [5, 5.41) is 6.75. The molecule has 24 heavy (non-hydrogen) atoms.